The van der Waals surface area contributed by atoms with Gasteiger partial charge in [0.05, 0.1) is 0 Å². The van der Waals surface area contributed by atoms with E-state index in [2.05, 4.69) is 20.6 Å². The van der Waals surface area contributed by atoms with Gasteiger partial charge in [0.2, 0.25) is 0 Å². The van der Waals surface area contributed by atoms with Crippen molar-refractivity contribution in [1.82, 2.24) is 29.1 Å². The molecule has 0 atom stereocenters. The van der Waals surface area contributed by atoms with Gasteiger partial charge in [-0.3, -0.25) is 0 Å². The number of hydrogen-bond acceptors (Lipinski definition) is 4. The summed E-state index contributed by atoms with van der Waals surface area (Å²) in [4.78, 5) is 0. The minimum absolute atomic E-state index is 0. The minimum atomic E-state index is -1.12. The number of likely N-dealkylation sites (N-methyl/N-ethyl adjacent to an activating group) is 1. The number of rotatable bonds is 5. The Morgan fingerprint density at radius 2 is 1.30 bits per heavy atom. The minimum Gasteiger partial charge on any atom is -2.00 e. The standard InChI is InChI=1S/C9H10BN6.C3H7NO.O.Re/c1-4-11-14(7-1)10(15-8-2-5-12-15)16-9-3-6-13-16;1-4-2-3-5;;/h1-10H;2-3H2,1H3;;/q-1;2*-2;. The molecule has 0 amide bonds. The topological polar surface area (TPSA) is 119 Å². The van der Waals surface area contributed by atoms with Gasteiger partial charge in [0.1, 0.15) is 0 Å². The van der Waals surface area contributed by atoms with Crippen molar-refractivity contribution in [2.75, 3.05) is 20.2 Å². The molecule has 3 heterocycles. The zero-order valence-corrected chi connectivity index (χ0v) is 15.4. The predicted molar refractivity (Wildman–Crippen MR) is 79.7 cm³/mol. The van der Waals surface area contributed by atoms with Gasteiger partial charge in [-0.15, -0.1) is 0 Å². The Morgan fingerprint density at radius 3 is 1.48 bits per heavy atom. The molecule has 0 aromatic carbocycles. The van der Waals surface area contributed by atoms with E-state index >= 15 is 0 Å². The zero-order valence-electron chi connectivity index (χ0n) is 12.6. The molecule has 0 bridgehead atoms. The van der Waals surface area contributed by atoms with Gasteiger partial charge in [0.25, 0.3) is 0 Å². The Morgan fingerprint density at radius 1 is 0.913 bits per heavy atom. The molecule has 0 spiro atoms. The van der Waals surface area contributed by atoms with Gasteiger partial charge in [-0.25, -0.2) is 15.3 Å². The van der Waals surface area contributed by atoms with Crippen LogP contribution in [0.4, 0.5) is 0 Å². The van der Waals surface area contributed by atoms with Gasteiger partial charge in [-0.1, -0.05) is 0 Å². The smallest absolute Gasteiger partial charge is 0.325 e. The molecule has 127 valence electrons. The van der Waals surface area contributed by atoms with E-state index in [-0.39, 0.29) is 32.5 Å². The molecule has 23 heavy (non-hydrogen) atoms. The molecule has 3 aromatic heterocycles. The quantitative estimate of drug-likeness (QED) is 0.436. The van der Waals surface area contributed by atoms with Gasteiger partial charge in [0, 0.05) is 39.0 Å². The second-order valence-electron chi connectivity index (χ2n) is 4.30. The van der Waals surface area contributed by atoms with Crippen LogP contribution in [-0.4, -0.2) is 56.4 Å². The van der Waals surface area contributed by atoms with Crippen LogP contribution in [0.1, 0.15) is 0 Å². The second kappa shape index (κ2) is 11.8. The normalized spacial score (nSPS) is 9.52. The molecule has 0 aliphatic carbocycles. The first-order valence-electron chi connectivity index (χ1n) is 6.65. The van der Waals surface area contributed by atoms with Gasteiger partial charge in [0.15, 0.2) is 0 Å². The number of hydrogen-bond donors (Lipinski definition) is 0. The van der Waals surface area contributed by atoms with Gasteiger partial charge < -0.3 is 29.7 Å². The maximum absolute atomic E-state index is 9.44. The van der Waals surface area contributed by atoms with Crippen LogP contribution in [0.25, 0.3) is 5.32 Å². The van der Waals surface area contributed by atoms with Crippen molar-refractivity contribution in [2.45, 2.75) is 0 Å². The van der Waals surface area contributed by atoms with E-state index < -0.39 is 7.12 Å². The summed E-state index contributed by atoms with van der Waals surface area (Å²) in [5.74, 6) is 0. The van der Waals surface area contributed by atoms with Crippen molar-refractivity contribution in [2.24, 2.45) is 0 Å². The monoisotopic (exact) mass is 489 g/mol. The van der Waals surface area contributed by atoms with Gasteiger partial charge in [-0.2, -0.15) is 20.2 Å². The Labute approximate surface area is 148 Å². The van der Waals surface area contributed by atoms with E-state index in [1.807, 2.05) is 50.6 Å². The van der Waals surface area contributed by atoms with Crippen LogP contribution in [0, 0.1) is 0 Å². The molecule has 11 heteroatoms. The van der Waals surface area contributed by atoms with Crippen LogP contribution < -0.4 is 5.11 Å². The van der Waals surface area contributed by atoms with E-state index in [0.29, 0.717) is 6.54 Å². The summed E-state index contributed by atoms with van der Waals surface area (Å²) < 4.78 is 5.62. The summed E-state index contributed by atoms with van der Waals surface area (Å²) in [6.07, 6.45) is 11.0. The largest absolute Gasteiger partial charge is 2.00 e. The molecule has 3 aromatic rings. The van der Waals surface area contributed by atoms with Gasteiger partial charge >= 0.3 is 7.12 Å². The van der Waals surface area contributed by atoms with Crippen LogP contribution in [0.15, 0.2) is 55.4 Å². The maximum atomic E-state index is 9.44. The summed E-state index contributed by atoms with van der Waals surface area (Å²) in [6.45, 7) is 0.385. The first-order chi connectivity index (χ1) is 10.4. The van der Waals surface area contributed by atoms with Crippen molar-refractivity contribution in [3.8, 4) is 0 Å². The molecule has 0 N–H and O–H groups in total. The first-order valence-corrected chi connectivity index (χ1v) is 6.65. The Bertz CT molecular complexity index is 506. The predicted octanol–water partition coefficient (Wildman–Crippen LogP) is -0.833. The SMILES string of the molecule is C[N-]CC[O-].[O-2].[Re].c1cnn([BH-](n2cccn2)n2cccn2)c1. The zero-order chi connectivity index (χ0) is 14.9. The molecule has 9 nitrogen and oxygen atoms in total. The van der Waals surface area contributed by atoms with Crippen LogP contribution in [0.2, 0.25) is 0 Å². The molecule has 0 aliphatic rings. The van der Waals surface area contributed by atoms with Crippen molar-refractivity contribution in [3.63, 3.8) is 0 Å². The molecule has 1 radical (unpaired) electrons. The summed E-state index contributed by atoms with van der Waals surface area (Å²) in [7, 11) is 0.512. The maximum Gasteiger partial charge on any atom is 0.325 e. The first kappa shape index (κ1) is 21.2. The van der Waals surface area contributed by atoms with Crippen LogP contribution in [0.3, 0.4) is 0 Å². The fourth-order valence-corrected chi connectivity index (χ4v) is 1.94. The fraction of sp³-hybridized carbons (Fsp3) is 0.250. The molecular formula is C12H17BN7O2Re-5. The van der Waals surface area contributed by atoms with Crippen LogP contribution in [0.5, 0.6) is 0 Å². The van der Waals surface area contributed by atoms with E-state index in [1.165, 1.54) is 0 Å². The van der Waals surface area contributed by atoms with Crippen molar-refractivity contribution in [1.29, 1.82) is 0 Å². The molecule has 0 fully saturated rings. The van der Waals surface area contributed by atoms with Crippen molar-refractivity contribution >= 4 is 7.12 Å². The Hall–Kier alpha value is -1.76. The molecule has 0 saturated carbocycles. The Kier molecular flexibility index (Phi) is 10.9. The van der Waals surface area contributed by atoms with E-state index in [1.54, 1.807) is 25.6 Å². The fourth-order valence-electron chi connectivity index (χ4n) is 1.94. The summed E-state index contributed by atoms with van der Waals surface area (Å²) in [6, 6.07) is 5.69. The Balaban J connectivity index is 0.000000615. The summed E-state index contributed by atoms with van der Waals surface area (Å²) in [5.41, 5.74) is 0. The summed E-state index contributed by atoms with van der Waals surface area (Å²) in [5, 5.41) is 25.8. The average molecular weight is 488 g/mol. The van der Waals surface area contributed by atoms with Gasteiger partial charge in [-0.05, 0) is 36.8 Å². The third-order valence-corrected chi connectivity index (χ3v) is 2.86. The molecule has 0 saturated heterocycles. The van der Waals surface area contributed by atoms with Crippen LogP contribution >= 0.6 is 0 Å². The van der Waals surface area contributed by atoms with E-state index in [9.17, 15) is 5.11 Å². The van der Waals surface area contributed by atoms with Crippen LogP contribution in [-0.2, 0) is 25.9 Å². The molecule has 0 aliphatic heterocycles. The molecule has 0 unspecified atom stereocenters. The molecule has 3 rings (SSSR count). The van der Waals surface area contributed by atoms with Crippen molar-refractivity contribution < 1.29 is 31.0 Å². The molecular weight excluding hydrogens is 471 g/mol. The average Bonchev–Trinajstić information content (AvgIpc) is 3.26. The number of nitrogens with zero attached hydrogens (tertiary/aromatic N) is 7. The van der Waals surface area contributed by atoms with E-state index in [0.717, 1.165) is 0 Å². The second-order valence-corrected chi connectivity index (χ2v) is 4.30. The number of aromatic nitrogens is 6. The van der Waals surface area contributed by atoms with Crippen molar-refractivity contribution in [3.05, 3.63) is 60.7 Å². The third kappa shape index (κ3) is 6.09. The van der Waals surface area contributed by atoms with E-state index in [4.69, 9.17) is 0 Å². The summed E-state index contributed by atoms with van der Waals surface area (Å²) >= 11 is 0. The third-order valence-electron chi connectivity index (χ3n) is 2.86.